The molecule has 0 bridgehead atoms. The van der Waals surface area contributed by atoms with Gasteiger partial charge >= 0.3 is 0 Å². The van der Waals surface area contributed by atoms with E-state index in [-0.39, 0.29) is 10.6 Å². The second kappa shape index (κ2) is 10.2. The van der Waals surface area contributed by atoms with Crippen molar-refractivity contribution in [2.24, 2.45) is 0 Å². The van der Waals surface area contributed by atoms with E-state index in [1.165, 1.54) is 19.2 Å². The van der Waals surface area contributed by atoms with Crippen LogP contribution in [0.2, 0.25) is 0 Å². The van der Waals surface area contributed by atoms with Crippen LogP contribution in [0.5, 0.6) is 11.5 Å². The third-order valence-corrected chi connectivity index (χ3v) is 6.73. The van der Waals surface area contributed by atoms with Crippen molar-refractivity contribution in [2.45, 2.75) is 17.9 Å². The number of benzene rings is 3. The van der Waals surface area contributed by atoms with E-state index in [4.69, 9.17) is 9.47 Å². The molecule has 0 aliphatic heterocycles. The van der Waals surface area contributed by atoms with Crippen LogP contribution in [0.1, 0.15) is 18.5 Å². The van der Waals surface area contributed by atoms with Gasteiger partial charge in [-0.2, -0.15) is 0 Å². The third-order valence-electron chi connectivity index (χ3n) is 4.96. The van der Waals surface area contributed by atoms with Crippen molar-refractivity contribution in [3.8, 4) is 11.5 Å². The Labute approximate surface area is 188 Å². The summed E-state index contributed by atoms with van der Waals surface area (Å²) in [5, 5.41) is 2.87. The predicted octanol–water partition coefficient (Wildman–Crippen LogP) is 3.78. The van der Waals surface area contributed by atoms with Gasteiger partial charge in [0.1, 0.15) is 18.0 Å². The van der Waals surface area contributed by atoms with Crippen LogP contribution in [0.4, 0.5) is 5.69 Å². The number of amides is 1. The van der Waals surface area contributed by atoms with E-state index in [0.29, 0.717) is 11.5 Å². The van der Waals surface area contributed by atoms with E-state index in [1.807, 2.05) is 25.1 Å². The third kappa shape index (κ3) is 5.03. The van der Waals surface area contributed by atoms with E-state index >= 15 is 0 Å². The zero-order valence-electron chi connectivity index (χ0n) is 18.2. The van der Waals surface area contributed by atoms with Crippen molar-refractivity contribution in [2.75, 3.05) is 25.1 Å². The fourth-order valence-electron chi connectivity index (χ4n) is 3.37. The highest BCUT2D eigenvalue weighted by Crippen LogP contribution is 2.32. The molecule has 0 aliphatic carbocycles. The van der Waals surface area contributed by atoms with Gasteiger partial charge in [0.2, 0.25) is 5.91 Å². The van der Waals surface area contributed by atoms with E-state index in [1.54, 1.807) is 55.6 Å². The van der Waals surface area contributed by atoms with Crippen molar-refractivity contribution in [3.63, 3.8) is 0 Å². The van der Waals surface area contributed by atoms with Crippen molar-refractivity contribution < 1.29 is 22.7 Å². The minimum atomic E-state index is -4.03. The van der Waals surface area contributed by atoms with Crippen LogP contribution in [0.25, 0.3) is 0 Å². The van der Waals surface area contributed by atoms with Crippen LogP contribution in [0.15, 0.2) is 83.8 Å². The Hall–Kier alpha value is -3.52. The maximum Gasteiger partial charge on any atom is 0.264 e. The van der Waals surface area contributed by atoms with Gasteiger partial charge in [-0.15, -0.1) is 0 Å². The number of sulfonamides is 1. The van der Waals surface area contributed by atoms with Crippen molar-refractivity contribution in [1.29, 1.82) is 0 Å². The molecule has 3 aromatic carbocycles. The molecule has 168 valence electrons. The minimum absolute atomic E-state index is 0.0801. The molecule has 3 rings (SSSR count). The molecule has 8 heteroatoms. The number of anilines is 1. The van der Waals surface area contributed by atoms with Gasteiger partial charge in [-0.3, -0.25) is 9.10 Å². The number of nitrogens with zero attached hydrogens (tertiary/aromatic N) is 1. The van der Waals surface area contributed by atoms with Gasteiger partial charge in [-0.25, -0.2) is 8.42 Å². The van der Waals surface area contributed by atoms with Crippen LogP contribution in [-0.4, -0.2) is 35.1 Å². The number of rotatable bonds is 9. The van der Waals surface area contributed by atoms with E-state index in [0.717, 1.165) is 9.87 Å². The molecule has 1 unspecified atom stereocenters. The lowest BCUT2D eigenvalue weighted by Gasteiger charge is -2.26. The summed E-state index contributed by atoms with van der Waals surface area (Å²) in [6, 6.07) is 21.6. The van der Waals surface area contributed by atoms with Gasteiger partial charge in [0, 0.05) is 5.56 Å². The first-order chi connectivity index (χ1) is 15.4. The summed E-state index contributed by atoms with van der Waals surface area (Å²) in [5.41, 5.74) is 1.07. The molecule has 3 aromatic rings. The lowest BCUT2D eigenvalue weighted by Crippen LogP contribution is -2.41. The SMILES string of the molecule is COc1ccccc1C(C)NC(=O)CN(c1ccccc1OC)S(=O)(=O)c1ccccc1. The zero-order valence-corrected chi connectivity index (χ0v) is 19.0. The summed E-state index contributed by atoms with van der Waals surface area (Å²) < 4.78 is 38.7. The summed E-state index contributed by atoms with van der Waals surface area (Å²) in [7, 11) is -1.01. The Balaban J connectivity index is 1.93. The van der Waals surface area contributed by atoms with Gasteiger partial charge in [0.25, 0.3) is 10.0 Å². The molecule has 0 aromatic heterocycles. The quantitative estimate of drug-likeness (QED) is 0.532. The zero-order chi connectivity index (χ0) is 23.1. The Kier molecular flexibility index (Phi) is 7.37. The number of nitrogens with one attached hydrogen (secondary N) is 1. The van der Waals surface area contributed by atoms with Gasteiger partial charge < -0.3 is 14.8 Å². The summed E-state index contributed by atoms with van der Waals surface area (Å²) >= 11 is 0. The van der Waals surface area contributed by atoms with Crippen molar-refractivity contribution in [1.82, 2.24) is 5.32 Å². The molecule has 0 heterocycles. The number of ether oxygens (including phenoxy) is 2. The largest absolute Gasteiger partial charge is 0.496 e. The molecule has 1 amide bonds. The summed E-state index contributed by atoms with van der Waals surface area (Å²) in [6.07, 6.45) is 0. The summed E-state index contributed by atoms with van der Waals surface area (Å²) in [4.78, 5) is 13.1. The van der Waals surface area contributed by atoms with Crippen LogP contribution in [0, 0.1) is 0 Å². The molecule has 0 fully saturated rings. The van der Waals surface area contributed by atoms with Gasteiger partial charge in [0.15, 0.2) is 0 Å². The highest BCUT2D eigenvalue weighted by atomic mass is 32.2. The average molecular weight is 455 g/mol. The van der Waals surface area contributed by atoms with E-state index < -0.39 is 28.5 Å². The maximum atomic E-state index is 13.5. The first-order valence-corrected chi connectivity index (χ1v) is 11.5. The predicted molar refractivity (Wildman–Crippen MR) is 124 cm³/mol. The molecular formula is C24H26N2O5S. The first kappa shape index (κ1) is 23.1. The van der Waals surface area contributed by atoms with Crippen LogP contribution >= 0.6 is 0 Å². The van der Waals surface area contributed by atoms with Crippen LogP contribution in [0.3, 0.4) is 0 Å². The number of carbonyl (C=O) groups excluding carboxylic acids is 1. The highest BCUT2D eigenvalue weighted by Gasteiger charge is 2.29. The molecule has 32 heavy (non-hydrogen) atoms. The Morgan fingerprint density at radius 1 is 0.875 bits per heavy atom. The molecule has 0 radical (unpaired) electrons. The second-order valence-electron chi connectivity index (χ2n) is 7.03. The number of carbonyl (C=O) groups is 1. The molecule has 0 spiro atoms. The Morgan fingerprint density at radius 2 is 1.44 bits per heavy atom. The number of hydrogen-bond donors (Lipinski definition) is 1. The monoisotopic (exact) mass is 454 g/mol. The average Bonchev–Trinajstić information content (AvgIpc) is 2.82. The molecule has 0 saturated carbocycles. The maximum absolute atomic E-state index is 13.5. The highest BCUT2D eigenvalue weighted by molar-refractivity contribution is 7.92. The molecular weight excluding hydrogens is 428 g/mol. The van der Waals surface area contributed by atoms with E-state index in [2.05, 4.69) is 5.32 Å². The summed E-state index contributed by atoms with van der Waals surface area (Å²) in [5.74, 6) is 0.519. The van der Waals surface area contributed by atoms with Crippen LogP contribution < -0.4 is 19.1 Å². The fourth-order valence-corrected chi connectivity index (χ4v) is 4.83. The normalized spacial score (nSPS) is 12.0. The topological polar surface area (TPSA) is 84.9 Å². The number of hydrogen-bond acceptors (Lipinski definition) is 5. The second-order valence-corrected chi connectivity index (χ2v) is 8.89. The molecule has 0 saturated heterocycles. The Morgan fingerprint density at radius 3 is 2.09 bits per heavy atom. The smallest absolute Gasteiger partial charge is 0.264 e. The van der Waals surface area contributed by atoms with Crippen LogP contribution in [-0.2, 0) is 14.8 Å². The van der Waals surface area contributed by atoms with Gasteiger partial charge in [-0.1, -0.05) is 48.5 Å². The standard InChI is InChI=1S/C24H26N2O5S/c1-18(20-13-7-9-15-22(20)30-2)25-24(27)17-26(21-14-8-10-16-23(21)31-3)32(28,29)19-11-5-4-6-12-19/h4-16,18H,17H2,1-3H3,(H,25,27). The lowest BCUT2D eigenvalue weighted by atomic mass is 10.1. The Bertz CT molecular complexity index is 1170. The van der Waals surface area contributed by atoms with Gasteiger partial charge in [-0.05, 0) is 37.3 Å². The van der Waals surface area contributed by atoms with Gasteiger partial charge in [0.05, 0.1) is 30.8 Å². The summed E-state index contributed by atoms with van der Waals surface area (Å²) in [6.45, 7) is 1.39. The lowest BCUT2D eigenvalue weighted by molar-refractivity contribution is -0.120. The number of methoxy groups -OCH3 is 2. The minimum Gasteiger partial charge on any atom is -0.496 e. The molecule has 7 nitrogen and oxygen atoms in total. The van der Waals surface area contributed by atoms with Crippen molar-refractivity contribution in [3.05, 3.63) is 84.4 Å². The molecule has 0 aliphatic rings. The van der Waals surface area contributed by atoms with E-state index in [9.17, 15) is 13.2 Å². The molecule has 1 atom stereocenters. The first-order valence-electron chi connectivity index (χ1n) is 10.0. The van der Waals surface area contributed by atoms with Crippen molar-refractivity contribution >= 4 is 21.6 Å². The number of para-hydroxylation sites is 3. The fraction of sp³-hybridized carbons (Fsp3) is 0.208. The molecule has 1 N–H and O–H groups in total.